The monoisotopic (exact) mass is 284 g/mol. The Morgan fingerprint density at radius 3 is 2.76 bits per heavy atom. The lowest BCUT2D eigenvalue weighted by molar-refractivity contribution is 0.196. The molecule has 1 atom stereocenters. The van der Waals surface area contributed by atoms with E-state index in [9.17, 15) is 0 Å². The zero-order valence-corrected chi connectivity index (χ0v) is 13.1. The fraction of sp³-hybridized carbons (Fsp3) is 0.529. The van der Waals surface area contributed by atoms with Crippen LogP contribution in [0, 0.1) is 5.41 Å². The van der Waals surface area contributed by atoms with E-state index in [0.717, 1.165) is 17.0 Å². The summed E-state index contributed by atoms with van der Waals surface area (Å²) in [5.41, 5.74) is 9.64. The number of aromatic nitrogens is 3. The molecule has 3 rings (SSSR count). The van der Waals surface area contributed by atoms with Gasteiger partial charge in [-0.1, -0.05) is 32.8 Å². The predicted molar refractivity (Wildman–Crippen MR) is 85.8 cm³/mol. The molecule has 2 N–H and O–H groups in total. The molecule has 0 aliphatic heterocycles. The van der Waals surface area contributed by atoms with Crippen LogP contribution in [-0.4, -0.2) is 14.8 Å². The Morgan fingerprint density at radius 2 is 2.10 bits per heavy atom. The van der Waals surface area contributed by atoms with Gasteiger partial charge in [0.2, 0.25) is 0 Å². The van der Waals surface area contributed by atoms with Crippen molar-refractivity contribution in [3.8, 4) is 11.3 Å². The predicted octanol–water partition coefficient (Wildman–Crippen LogP) is 3.75. The van der Waals surface area contributed by atoms with Crippen LogP contribution in [0.3, 0.4) is 0 Å². The minimum atomic E-state index is 0.266. The van der Waals surface area contributed by atoms with E-state index < -0.39 is 0 Å². The van der Waals surface area contributed by atoms with Gasteiger partial charge in [-0.15, -0.1) is 0 Å². The lowest BCUT2D eigenvalue weighted by Gasteiger charge is -2.38. The largest absolute Gasteiger partial charge is 0.383 e. The molecule has 0 bridgehead atoms. The Hall–Kier alpha value is -1.84. The molecule has 0 radical (unpaired) electrons. The zero-order chi connectivity index (χ0) is 15.0. The Balaban J connectivity index is 2.13. The number of rotatable bonds is 2. The minimum absolute atomic E-state index is 0.266. The number of hydrogen-bond acceptors (Lipinski definition) is 3. The summed E-state index contributed by atoms with van der Waals surface area (Å²) in [6.07, 6.45) is 6.83. The van der Waals surface area contributed by atoms with Gasteiger partial charge in [0, 0.05) is 19.2 Å². The Morgan fingerprint density at radius 1 is 1.29 bits per heavy atom. The second-order valence-electron chi connectivity index (χ2n) is 6.77. The molecule has 1 saturated carbocycles. The van der Waals surface area contributed by atoms with Crippen molar-refractivity contribution in [2.45, 2.75) is 45.4 Å². The first-order chi connectivity index (χ1) is 10.0. The van der Waals surface area contributed by atoms with Crippen molar-refractivity contribution in [3.05, 3.63) is 30.1 Å². The highest BCUT2D eigenvalue weighted by atomic mass is 15.3. The second kappa shape index (κ2) is 5.17. The van der Waals surface area contributed by atoms with E-state index in [-0.39, 0.29) is 5.41 Å². The van der Waals surface area contributed by atoms with Gasteiger partial charge in [0.15, 0.2) is 0 Å². The van der Waals surface area contributed by atoms with Gasteiger partial charge in [0.1, 0.15) is 5.82 Å². The van der Waals surface area contributed by atoms with Crippen LogP contribution >= 0.6 is 0 Å². The molecule has 0 amide bonds. The molecule has 112 valence electrons. The molecule has 1 aliphatic carbocycles. The molecular weight excluding hydrogens is 260 g/mol. The summed E-state index contributed by atoms with van der Waals surface area (Å²) >= 11 is 0. The molecule has 0 aromatic carbocycles. The molecule has 0 spiro atoms. The molecule has 1 aliphatic rings. The zero-order valence-electron chi connectivity index (χ0n) is 13.1. The standard InChI is InChI=1S/C17H24N4/c1-17(2)10-6-4-8-12(17)15-14(16(18)21(3)20-15)13-9-5-7-11-19-13/h5,7,9,11-12H,4,6,8,10,18H2,1-3H3. The fourth-order valence-electron chi connectivity index (χ4n) is 3.58. The summed E-state index contributed by atoms with van der Waals surface area (Å²) in [6.45, 7) is 4.70. The normalized spacial score (nSPS) is 21.4. The highest BCUT2D eigenvalue weighted by Gasteiger charge is 2.37. The maximum absolute atomic E-state index is 6.29. The minimum Gasteiger partial charge on any atom is -0.383 e. The topological polar surface area (TPSA) is 56.7 Å². The van der Waals surface area contributed by atoms with Crippen LogP contribution in [0.25, 0.3) is 11.3 Å². The van der Waals surface area contributed by atoms with Gasteiger partial charge in [-0.3, -0.25) is 9.67 Å². The Kier molecular flexibility index (Phi) is 3.47. The molecule has 0 saturated heterocycles. The summed E-state index contributed by atoms with van der Waals surface area (Å²) in [5, 5.41) is 4.76. The number of hydrogen-bond donors (Lipinski definition) is 1. The van der Waals surface area contributed by atoms with E-state index in [1.165, 1.54) is 25.7 Å². The third-order valence-electron chi connectivity index (χ3n) is 4.88. The Labute approximate surface area is 126 Å². The van der Waals surface area contributed by atoms with Crippen LogP contribution < -0.4 is 5.73 Å². The summed E-state index contributed by atoms with van der Waals surface area (Å²) in [7, 11) is 1.92. The second-order valence-corrected chi connectivity index (χ2v) is 6.77. The maximum atomic E-state index is 6.29. The number of nitrogens with two attached hydrogens (primary N) is 1. The van der Waals surface area contributed by atoms with Gasteiger partial charge >= 0.3 is 0 Å². The highest BCUT2D eigenvalue weighted by Crippen LogP contribution is 2.49. The number of aryl methyl sites for hydroxylation is 1. The molecule has 21 heavy (non-hydrogen) atoms. The third-order valence-corrected chi connectivity index (χ3v) is 4.88. The van der Waals surface area contributed by atoms with E-state index >= 15 is 0 Å². The molecule has 4 heteroatoms. The lowest BCUT2D eigenvalue weighted by atomic mass is 9.67. The smallest absolute Gasteiger partial charge is 0.131 e. The number of nitrogens with zero attached hydrogens (tertiary/aromatic N) is 3. The first-order valence-corrected chi connectivity index (χ1v) is 7.74. The SMILES string of the molecule is Cn1nc(C2CCCCC2(C)C)c(-c2ccccn2)c1N. The number of nitrogen functional groups attached to an aromatic ring is 1. The summed E-state index contributed by atoms with van der Waals surface area (Å²) < 4.78 is 1.80. The van der Waals surface area contributed by atoms with Crippen molar-refractivity contribution < 1.29 is 0 Å². The maximum Gasteiger partial charge on any atom is 0.131 e. The molecule has 1 unspecified atom stereocenters. The Bertz CT molecular complexity index is 628. The van der Waals surface area contributed by atoms with Crippen LogP contribution in [0.1, 0.15) is 51.1 Å². The van der Waals surface area contributed by atoms with E-state index in [2.05, 4.69) is 18.8 Å². The van der Waals surface area contributed by atoms with Crippen molar-refractivity contribution in [2.24, 2.45) is 12.5 Å². The van der Waals surface area contributed by atoms with Crippen LogP contribution in [0.2, 0.25) is 0 Å². The molecule has 1 fully saturated rings. The van der Waals surface area contributed by atoms with Crippen LogP contribution in [0.4, 0.5) is 5.82 Å². The van der Waals surface area contributed by atoms with Crippen molar-refractivity contribution >= 4 is 5.82 Å². The van der Waals surface area contributed by atoms with Gasteiger partial charge in [-0.25, -0.2) is 0 Å². The summed E-state index contributed by atoms with van der Waals surface area (Å²) in [5.74, 6) is 1.16. The van der Waals surface area contributed by atoms with Crippen molar-refractivity contribution in [1.29, 1.82) is 0 Å². The van der Waals surface area contributed by atoms with E-state index in [4.69, 9.17) is 10.8 Å². The van der Waals surface area contributed by atoms with E-state index in [0.29, 0.717) is 11.7 Å². The van der Waals surface area contributed by atoms with Crippen molar-refractivity contribution in [3.63, 3.8) is 0 Å². The van der Waals surface area contributed by atoms with Crippen LogP contribution in [-0.2, 0) is 7.05 Å². The van der Waals surface area contributed by atoms with Gasteiger partial charge in [-0.2, -0.15) is 5.10 Å². The lowest BCUT2D eigenvalue weighted by Crippen LogP contribution is -2.26. The molecule has 2 aromatic rings. The molecule has 2 heterocycles. The first-order valence-electron chi connectivity index (χ1n) is 7.74. The number of anilines is 1. The van der Waals surface area contributed by atoms with Crippen LogP contribution in [0.5, 0.6) is 0 Å². The van der Waals surface area contributed by atoms with Gasteiger partial charge in [0.25, 0.3) is 0 Å². The average Bonchev–Trinajstić information content (AvgIpc) is 2.75. The molecule has 2 aromatic heterocycles. The van der Waals surface area contributed by atoms with Crippen LogP contribution in [0.15, 0.2) is 24.4 Å². The molecular formula is C17H24N4. The highest BCUT2D eigenvalue weighted by molar-refractivity contribution is 5.74. The summed E-state index contributed by atoms with van der Waals surface area (Å²) in [6, 6.07) is 5.96. The number of pyridine rings is 1. The van der Waals surface area contributed by atoms with Crippen molar-refractivity contribution in [2.75, 3.05) is 5.73 Å². The van der Waals surface area contributed by atoms with Crippen molar-refractivity contribution in [1.82, 2.24) is 14.8 Å². The third kappa shape index (κ3) is 2.43. The van der Waals surface area contributed by atoms with Gasteiger partial charge < -0.3 is 5.73 Å². The van der Waals surface area contributed by atoms with E-state index in [1.807, 2.05) is 31.4 Å². The summed E-state index contributed by atoms with van der Waals surface area (Å²) in [4.78, 5) is 4.49. The molecule has 4 nitrogen and oxygen atoms in total. The van der Waals surface area contributed by atoms with Gasteiger partial charge in [0.05, 0.1) is 17.0 Å². The fourth-order valence-corrected chi connectivity index (χ4v) is 3.58. The quantitative estimate of drug-likeness (QED) is 0.913. The average molecular weight is 284 g/mol. The van der Waals surface area contributed by atoms with Gasteiger partial charge in [-0.05, 0) is 30.4 Å². The first kappa shape index (κ1) is 14.1. The van der Waals surface area contributed by atoms with E-state index in [1.54, 1.807) is 4.68 Å².